The van der Waals surface area contributed by atoms with E-state index in [4.69, 9.17) is 9.84 Å². The van der Waals surface area contributed by atoms with Crippen LogP contribution in [0.5, 0.6) is 11.5 Å². The van der Waals surface area contributed by atoms with Crippen molar-refractivity contribution in [2.24, 2.45) is 0 Å². The molecule has 0 aliphatic heterocycles. The molecule has 1 N–H and O–H groups in total. The van der Waals surface area contributed by atoms with E-state index in [1.165, 1.54) is 12.1 Å². The quantitative estimate of drug-likeness (QED) is 0.673. The van der Waals surface area contributed by atoms with Gasteiger partial charge in [-0.25, -0.2) is 0 Å². The molecule has 0 heterocycles. The number of hydrogen-bond acceptors (Lipinski definition) is 4. The van der Waals surface area contributed by atoms with Crippen LogP contribution < -0.4 is 4.74 Å². The molecule has 0 saturated heterocycles. The van der Waals surface area contributed by atoms with E-state index in [9.17, 15) is 14.9 Å². The second-order valence-corrected chi connectivity index (χ2v) is 4.53. The van der Waals surface area contributed by atoms with Crippen molar-refractivity contribution < 1.29 is 19.6 Å². The second kappa shape index (κ2) is 6.04. The minimum Gasteiger partial charge on any atom is -0.481 e. The van der Waals surface area contributed by atoms with Gasteiger partial charge in [0.1, 0.15) is 11.5 Å². The highest BCUT2D eigenvalue weighted by Gasteiger charge is 2.11. The molecule has 0 unspecified atom stereocenters. The van der Waals surface area contributed by atoms with Crippen LogP contribution in [0.3, 0.4) is 0 Å². The summed E-state index contributed by atoms with van der Waals surface area (Å²) < 4.78 is 5.62. The molecule has 0 aliphatic carbocycles. The average Bonchev–Trinajstić information content (AvgIpc) is 2.40. The number of rotatable bonds is 5. The number of aliphatic carboxylic acids is 1. The van der Waals surface area contributed by atoms with Crippen LogP contribution >= 0.6 is 0 Å². The molecule has 21 heavy (non-hydrogen) atoms. The number of aryl methyl sites for hydroxylation is 1. The third kappa shape index (κ3) is 3.79. The molecule has 2 aromatic carbocycles. The normalized spacial score (nSPS) is 10.1. The SMILES string of the molecule is Cc1ccc([N+](=O)[O-])cc1Oc1cccc(CC(=O)O)c1. The average molecular weight is 287 g/mol. The molecule has 108 valence electrons. The van der Waals surface area contributed by atoms with Crippen molar-refractivity contribution in [1.29, 1.82) is 0 Å². The Hall–Kier alpha value is -2.89. The summed E-state index contributed by atoms with van der Waals surface area (Å²) in [4.78, 5) is 21.0. The number of carboxylic acid groups (broad SMARTS) is 1. The number of ether oxygens (including phenoxy) is 1. The first-order valence-electron chi connectivity index (χ1n) is 6.19. The van der Waals surface area contributed by atoms with Gasteiger partial charge in [0.05, 0.1) is 17.4 Å². The molecule has 0 fully saturated rings. The standard InChI is InChI=1S/C15H13NO5/c1-10-5-6-12(16(19)20)9-14(10)21-13-4-2-3-11(7-13)8-15(17)18/h2-7,9H,8H2,1H3,(H,17,18). The summed E-state index contributed by atoms with van der Waals surface area (Å²) in [6.07, 6.45) is -0.106. The summed E-state index contributed by atoms with van der Waals surface area (Å²) in [6.45, 7) is 1.78. The number of benzene rings is 2. The summed E-state index contributed by atoms with van der Waals surface area (Å²) in [7, 11) is 0. The summed E-state index contributed by atoms with van der Waals surface area (Å²) in [5.74, 6) is -0.118. The van der Waals surface area contributed by atoms with E-state index in [0.29, 0.717) is 17.1 Å². The van der Waals surface area contributed by atoms with Gasteiger partial charge in [-0.1, -0.05) is 12.1 Å². The van der Waals surface area contributed by atoms with Gasteiger partial charge >= 0.3 is 5.97 Å². The molecule has 0 saturated carbocycles. The third-order valence-electron chi connectivity index (χ3n) is 2.86. The molecule has 6 nitrogen and oxygen atoms in total. The molecule has 0 aromatic heterocycles. The molecule has 2 rings (SSSR count). The topological polar surface area (TPSA) is 89.7 Å². The van der Waals surface area contributed by atoms with E-state index >= 15 is 0 Å². The van der Waals surface area contributed by atoms with Crippen molar-refractivity contribution in [1.82, 2.24) is 0 Å². The number of carbonyl (C=O) groups is 1. The van der Waals surface area contributed by atoms with Crippen LogP contribution in [0, 0.1) is 17.0 Å². The molecule has 0 spiro atoms. The smallest absolute Gasteiger partial charge is 0.307 e. The molecular weight excluding hydrogens is 274 g/mol. The fourth-order valence-electron chi connectivity index (χ4n) is 1.83. The molecule has 6 heteroatoms. The maximum absolute atomic E-state index is 10.8. The molecule has 0 aliphatic rings. The van der Waals surface area contributed by atoms with Crippen LogP contribution in [0.2, 0.25) is 0 Å². The number of nitrogens with zero attached hydrogens (tertiary/aromatic N) is 1. The van der Waals surface area contributed by atoms with Crippen molar-refractivity contribution in [2.75, 3.05) is 0 Å². The van der Waals surface area contributed by atoms with Gasteiger partial charge in [0.25, 0.3) is 5.69 Å². The third-order valence-corrected chi connectivity index (χ3v) is 2.86. The monoisotopic (exact) mass is 287 g/mol. The zero-order valence-corrected chi connectivity index (χ0v) is 11.3. The molecule has 2 aromatic rings. The first-order valence-corrected chi connectivity index (χ1v) is 6.19. The summed E-state index contributed by atoms with van der Waals surface area (Å²) in [5.41, 5.74) is 1.30. The maximum atomic E-state index is 10.8. The van der Waals surface area contributed by atoms with Gasteiger partial charge in [-0.3, -0.25) is 14.9 Å². The fraction of sp³-hybridized carbons (Fsp3) is 0.133. The predicted octanol–water partition coefficient (Wildman–Crippen LogP) is 3.32. The van der Waals surface area contributed by atoms with E-state index in [1.54, 1.807) is 37.3 Å². The minimum atomic E-state index is -0.932. The summed E-state index contributed by atoms with van der Waals surface area (Å²) in [5, 5.41) is 19.6. The zero-order chi connectivity index (χ0) is 15.4. The number of non-ortho nitro benzene ring substituents is 1. The molecule has 0 amide bonds. The first-order chi connectivity index (χ1) is 9.95. The highest BCUT2D eigenvalue weighted by molar-refractivity contribution is 5.70. The van der Waals surface area contributed by atoms with Gasteiger partial charge in [-0.2, -0.15) is 0 Å². The van der Waals surface area contributed by atoms with Crippen molar-refractivity contribution in [3.05, 3.63) is 63.7 Å². The lowest BCUT2D eigenvalue weighted by Crippen LogP contribution is -2.00. The van der Waals surface area contributed by atoms with Crippen molar-refractivity contribution in [2.45, 2.75) is 13.3 Å². The Balaban J connectivity index is 2.27. The van der Waals surface area contributed by atoms with Crippen LogP contribution in [-0.2, 0) is 11.2 Å². The van der Waals surface area contributed by atoms with Crippen molar-refractivity contribution in [3.63, 3.8) is 0 Å². The van der Waals surface area contributed by atoms with Gasteiger partial charge in [0, 0.05) is 6.07 Å². The highest BCUT2D eigenvalue weighted by atomic mass is 16.6. The second-order valence-electron chi connectivity index (χ2n) is 4.53. The van der Waals surface area contributed by atoms with Crippen LogP contribution in [0.4, 0.5) is 5.69 Å². The van der Waals surface area contributed by atoms with Crippen LogP contribution in [0.25, 0.3) is 0 Å². The molecule has 0 atom stereocenters. The maximum Gasteiger partial charge on any atom is 0.307 e. The van der Waals surface area contributed by atoms with Crippen LogP contribution in [0.15, 0.2) is 42.5 Å². The van der Waals surface area contributed by atoms with Gasteiger partial charge in [0.2, 0.25) is 0 Å². The number of hydrogen-bond donors (Lipinski definition) is 1. The van der Waals surface area contributed by atoms with E-state index in [-0.39, 0.29) is 12.1 Å². The Morgan fingerprint density at radius 1 is 1.29 bits per heavy atom. The van der Waals surface area contributed by atoms with Gasteiger partial charge in [-0.15, -0.1) is 0 Å². The predicted molar refractivity (Wildman–Crippen MR) is 75.7 cm³/mol. The Labute approximate surface area is 120 Å². The Bertz CT molecular complexity index is 696. The molecular formula is C15H13NO5. The van der Waals surface area contributed by atoms with E-state index in [0.717, 1.165) is 5.56 Å². The lowest BCUT2D eigenvalue weighted by atomic mass is 10.1. The van der Waals surface area contributed by atoms with E-state index in [2.05, 4.69) is 0 Å². The lowest BCUT2D eigenvalue weighted by Gasteiger charge is -2.09. The van der Waals surface area contributed by atoms with E-state index < -0.39 is 10.9 Å². The Morgan fingerprint density at radius 2 is 2.05 bits per heavy atom. The Kier molecular flexibility index (Phi) is 4.18. The summed E-state index contributed by atoms with van der Waals surface area (Å²) in [6, 6.07) is 11.0. The molecule has 0 radical (unpaired) electrons. The number of nitro benzene ring substituents is 1. The highest BCUT2D eigenvalue weighted by Crippen LogP contribution is 2.29. The summed E-state index contributed by atoms with van der Waals surface area (Å²) >= 11 is 0. The van der Waals surface area contributed by atoms with Crippen LogP contribution in [-0.4, -0.2) is 16.0 Å². The van der Waals surface area contributed by atoms with Crippen molar-refractivity contribution in [3.8, 4) is 11.5 Å². The Morgan fingerprint density at radius 3 is 2.71 bits per heavy atom. The van der Waals surface area contributed by atoms with Gasteiger partial charge in [-0.05, 0) is 36.2 Å². The fourth-order valence-corrected chi connectivity index (χ4v) is 1.83. The van der Waals surface area contributed by atoms with E-state index in [1.807, 2.05) is 0 Å². The van der Waals surface area contributed by atoms with Gasteiger partial charge < -0.3 is 9.84 Å². The largest absolute Gasteiger partial charge is 0.481 e. The molecule has 0 bridgehead atoms. The van der Waals surface area contributed by atoms with Crippen molar-refractivity contribution >= 4 is 11.7 Å². The first kappa shape index (κ1) is 14.5. The minimum absolute atomic E-state index is 0.0581. The van der Waals surface area contributed by atoms with Crippen LogP contribution in [0.1, 0.15) is 11.1 Å². The lowest BCUT2D eigenvalue weighted by molar-refractivity contribution is -0.384. The zero-order valence-electron chi connectivity index (χ0n) is 11.3. The number of carboxylic acids is 1. The van der Waals surface area contributed by atoms with Gasteiger partial charge in [0.15, 0.2) is 0 Å². The number of nitro groups is 1.